The molecule has 2 saturated heterocycles. The van der Waals surface area contributed by atoms with E-state index in [1.54, 1.807) is 0 Å². The third-order valence-corrected chi connectivity index (χ3v) is 5.01. The van der Waals surface area contributed by atoms with Crippen LogP contribution in [0.25, 0.3) is 0 Å². The lowest BCUT2D eigenvalue weighted by Crippen LogP contribution is -2.32. The topological polar surface area (TPSA) is 93.0 Å². The summed E-state index contributed by atoms with van der Waals surface area (Å²) in [4.78, 5) is 9.92. The summed E-state index contributed by atoms with van der Waals surface area (Å²) in [7, 11) is -3.81. The number of fused-ring (bicyclic) bond motifs is 1. The third-order valence-electron chi connectivity index (χ3n) is 3.13. The van der Waals surface area contributed by atoms with Crippen molar-refractivity contribution in [2.75, 3.05) is 13.1 Å². The number of sulfonamides is 1. The van der Waals surface area contributed by atoms with E-state index in [1.807, 2.05) is 0 Å². The lowest BCUT2D eigenvalue weighted by molar-refractivity contribution is -0.387. The number of ether oxygens (including phenoxy) is 1. The molecule has 1 aromatic carbocycles. The van der Waals surface area contributed by atoms with Gasteiger partial charge < -0.3 is 4.74 Å². The Kier molecular flexibility index (Phi) is 2.40. The first-order valence-electron chi connectivity index (χ1n) is 5.39. The Balaban J connectivity index is 2.01. The van der Waals surface area contributed by atoms with Gasteiger partial charge >= 0.3 is 0 Å². The van der Waals surface area contributed by atoms with Gasteiger partial charge in [0.25, 0.3) is 5.69 Å². The molecule has 0 aromatic heterocycles. The summed E-state index contributed by atoms with van der Waals surface area (Å²) >= 11 is 0. The zero-order valence-electron chi connectivity index (χ0n) is 9.22. The number of benzene rings is 1. The van der Waals surface area contributed by atoms with Crippen LogP contribution in [-0.2, 0) is 14.8 Å². The Morgan fingerprint density at radius 3 is 2.50 bits per heavy atom. The van der Waals surface area contributed by atoms with Gasteiger partial charge in [-0.2, -0.15) is 4.31 Å². The van der Waals surface area contributed by atoms with Crippen molar-refractivity contribution in [1.82, 2.24) is 4.31 Å². The molecule has 2 heterocycles. The highest BCUT2D eigenvalue weighted by molar-refractivity contribution is 7.89. The predicted octanol–water partition coefficient (Wildman–Crippen LogP) is 0.367. The number of epoxide rings is 1. The monoisotopic (exact) mass is 270 g/mol. The summed E-state index contributed by atoms with van der Waals surface area (Å²) in [5.41, 5.74) is -0.390. The van der Waals surface area contributed by atoms with Crippen LogP contribution in [0.4, 0.5) is 5.69 Å². The normalized spacial score (nSPS) is 26.9. The standard InChI is InChI=1S/C10H10N2O5S/c13-12(14)7-3-1-2-4-10(7)18(15,16)11-5-8-9(6-11)17-8/h1-4,8-9H,5-6H2/t8-,9-/m0/s1. The van der Waals surface area contributed by atoms with Gasteiger partial charge in [0.1, 0.15) is 0 Å². The van der Waals surface area contributed by atoms with Crippen molar-refractivity contribution in [3.05, 3.63) is 34.4 Å². The van der Waals surface area contributed by atoms with Gasteiger partial charge in [-0.05, 0) is 6.07 Å². The van der Waals surface area contributed by atoms with Crippen LogP contribution in [0.3, 0.4) is 0 Å². The number of morpholine rings is 1. The maximum Gasteiger partial charge on any atom is 0.289 e. The Labute approximate surface area is 103 Å². The van der Waals surface area contributed by atoms with E-state index in [4.69, 9.17) is 4.74 Å². The molecule has 7 nitrogen and oxygen atoms in total. The third kappa shape index (κ3) is 1.69. The fraction of sp³-hybridized carbons (Fsp3) is 0.400. The summed E-state index contributed by atoms with van der Waals surface area (Å²) in [6.07, 6.45) is -0.0786. The second-order valence-corrected chi connectivity index (χ2v) is 6.17. The van der Waals surface area contributed by atoms with Crippen LogP contribution in [0.2, 0.25) is 0 Å². The van der Waals surface area contributed by atoms with E-state index >= 15 is 0 Å². The molecule has 0 unspecified atom stereocenters. The molecule has 2 aliphatic heterocycles. The van der Waals surface area contributed by atoms with E-state index in [-0.39, 0.29) is 35.9 Å². The van der Waals surface area contributed by atoms with Crippen molar-refractivity contribution in [1.29, 1.82) is 0 Å². The molecule has 96 valence electrons. The SMILES string of the molecule is O=[N+]([O-])c1ccccc1S(=O)(=O)N1C[C@@H]2O[C@H]2C1. The second kappa shape index (κ2) is 3.74. The smallest absolute Gasteiger partial charge is 0.289 e. The van der Waals surface area contributed by atoms with Crippen LogP contribution in [-0.4, -0.2) is 42.9 Å². The Morgan fingerprint density at radius 2 is 1.89 bits per heavy atom. The lowest BCUT2D eigenvalue weighted by Gasteiger charge is -2.17. The maximum absolute atomic E-state index is 12.3. The van der Waals surface area contributed by atoms with Crippen LogP contribution >= 0.6 is 0 Å². The van der Waals surface area contributed by atoms with Crippen LogP contribution in [0.15, 0.2) is 29.2 Å². The molecule has 2 fully saturated rings. The van der Waals surface area contributed by atoms with Crippen LogP contribution in [0.1, 0.15) is 0 Å². The first kappa shape index (κ1) is 11.6. The van der Waals surface area contributed by atoms with E-state index in [2.05, 4.69) is 0 Å². The molecule has 8 heteroatoms. The number of nitro groups is 1. The molecule has 3 rings (SSSR count). The summed E-state index contributed by atoms with van der Waals surface area (Å²) in [6, 6.07) is 5.38. The number of nitrogens with zero attached hydrogens (tertiary/aromatic N) is 2. The van der Waals surface area contributed by atoms with Gasteiger partial charge in [0.05, 0.1) is 17.1 Å². The zero-order chi connectivity index (χ0) is 12.9. The van der Waals surface area contributed by atoms with Crippen molar-refractivity contribution in [3.8, 4) is 0 Å². The Morgan fingerprint density at radius 1 is 1.28 bits per heavy atom. The van der Waals surface area contributed by atoms with E-state index in [0.29, 0.717) is 0 Å². The molecule has 0 saturated carbocycles. The van der Waals surface area contributed by atoms with Gasteiger partial charge in [-0.3, -0.25) is 10.1 Å². The molecule has 18 heavy (non-hydrogen) atoms. The number of para-hydroxylation sites is 1. The molecule has 0 aliphatic carbocycles. The van der Waals surface area contributed by atoms with Gasteiger partial charge in [0.2, 0.25) is 10.0 Å². The molecule has 2 atom stereocenters. The number of hydrogen-bond acceptors (Lipinski definition) is 5. The van der Waals surface area contributed by atoms with Crippen LogP contribution in [0.5, 0.6) is 0 Å². The van der Waals surface area contributed by atoms with E-state index in [1.165, 1.54) is 28.6 Å². The van der Waals surface area contributed by atoms with Gasteiger partial charge in [-0.15, -0.1) is 0 Å². The highest BCUT2D eigenvalue weighted by Gasteiger charge is 2.51. The summed E-state index contributed by atoms with van der Waals surface area (Å²) in [6.45, 7) is 0.554. The van der Waals surface area contributed by atoms with Crippen molar-refractivity contribution in [2.24, 2.45) is 0 Å². The minimum absolute atomic E-state index is 0.0393. The highest BCUT2D eigenvalue weighted by Crippen LogP contribution is 2.35. The van der Waals surface area contributed by atoms with E-state index in [0.717, 1.165) is 0 Å². The molecule has 0 radical (unpaired) electrons. The molecule has 2 aliphatic rings. The van der Waals surface area contributed by atoms with Gasteiger partial charge in [0.15, 0.2) is 4.90 Å². The molecule has 1 aromatic rings. The summed E-state index contributed by atoms with van der Waals surface area (Å²) in [5.74, 6) is 0. The first-order valence-corrected chi connectivity index (χ1v) is 6.83. The van der Waals surface area contributed by atoms with Gasteiger partial charge in [0, 0.05) is 19.2 Å². The van der Waals surface area contributed by atoms with Crippen molar-refractivity contribution in [2.45, 2.75) is 17.1 Å². The lowest BCUT2D eigenvalue weighted by atomic mass is 10.3. The molecule has 0 bridgehead atoms. The van der Waals surface area contributed by atoms with Crippen LogP contribution in [0, 0.1) is 10.1 Å². The molecular weight excluding hydrogens is 260 g/mol. The van der Waals surface area contributed by atoms with E-state index < -0.39 is 14.9 Å². The second-order valence-electron chi connectivity index (χ2n) is 4.26. The Hall–Kier alpha value is -1.51. The Bertz CT molecular complexity index is 604. The van der Waals surface area contributed by atoms with Crippen LogP contribution < -0.4 is 0 Å². The maximum atomic E-state index is 12.3. The fourth-order valence-corrected chi connectivity index (χ4v) is 3.76. The van der Waals surface area contributed by atoms with Crippen molar-refractivity contribution in [3.63, 3.8) is 0 Å². The highest BCUT2D eigenvalue weighted by atomic mass is 32.2. The molecular formula is C10H10N2O5S. The molecule has 0 amide bonds. The number of rotatable bonds is 3. The average Bonchev–Trinajstić information content (AvgIpc) is 2.96. The number of hydrogen-bond donors (Lipinski definition) is 0. The minimum Gasteiger partial charge on any atom is -0.367 e. The summed E-state index contributed by atoms with van der Waals surface area (Å²) in [5, 5.41) is 10.9. The van der Waals surface area contributed by atoms with Crippen molar-refractivity contribution < 1.29 is 18.1 Å². The zero-order valence-corrected chi connectivity index (χ0v) is 10.0. The van der Waals surface area contributed by atoms with Gasteiger partial charge in [-0.25, -0.2) is 8.42 Å². The summed E-state index contributed by atoms with van der Waals surface area (Å²) < 4.78 is 31.0. The van der Waals surface area contributed by atoms with E-state index in [9.17, 15) is 18.5 Å². The predicted molar refractivity (Wildman–Crippen MR) is 60.5 cm³/mol. The fourth-order valence-electron chi connectivity index (χ4n) is 2.14. The average molecular weight is 270 g/mol. The molecule has 0 spiro atoms. The quantitative estimate of drug-likeness (QED) is 0.449. The molecule has 0 N–H and O–H groups in total. The van der Waals surface area contributed by atoms with Crippen molar-refractivity contribution >= 4 is 15.7 Å². The van der Waals surface area contributed by atoms with Gasteiger partial charge in [-0.1, -0.05) is 12.1 Å². The number of nitro benzene ring substituents is 1. The largest absolute Gasteiger partial charge is 0.367 e. The minimum atomic E-state index is -3.81. The first-order chi connectivity index (χ1) is 8.50.